The third-order valence-corrected chi connectivity index (χ3v) is 3.88. The van der Waals surface area contributed by atoms with Crippen LogP contribution in [0.2, 0.25) is 0 Å². The molecule has 0 heterocycles. The fourth-order valence-corrected chi connectivity index (χ4v) is 2.64. The van der Waals surface area contributed by atoms with E-state index in [1.165, 1.54) is 37.4 Å². The highest BCUT2D eigenvalue weighted by molar-refractivity contribution is 7.92. The third kappa shape index (κ3) is 2.97. The monoisotopic (exact) mass is 279 g/mol. The van der Waals surface area contributed by atoms with Gasteiger partial charge >= 0.3 is 0 Å². The van der Waals surface area contributed by atoms with Crippen molar-refractivity contribution in [2.45, 2.75) is 4.90 Å². The summed E-state index contributed by atoms with van der Waals surface area (Å²) in [5.41, 5.74) is 0.266. The molecule has 5 nitrogen and oxygen atoms in total. The number of aromatic hydroxyl groups is 1. The largest absolute Gasteiger partial charge is 0.504 e. The van der Waals surface area contributed by atoms with Crippen LogP contribution in [0.15, 0.2) is 53.4 Å². The number of phenols is 1. The van der Waals surface area contributed by atoms with Gasteiger partial charge in [-0.2, -0.15) is 0 Å². The fourth-order valence-electron chi connectivity index (χ4n) is 1.57. The predicted molar refractivity (Wildman–Crippen MR) is 71.9 cm³/mol. The molecule has 0 aliphatic heterocycles. The Labute approximate surface area is 111 Å². The minimum atomic E-state index is -3.65. The average molecular weight is 279 g/mol. The van der Waals surface area contributed by atoms with Crippen LogP contribution in [-0.2, 0) is 10.0 Å². The Balaban J connectivity index is 2.29. The van der Waals surface area contributed by atoms with Gasteiger partial charge in [-0.3, -0.25) is 4.72 Å². The highest BCUT2D eigenvalue weighted by atomic mass is 32.2. The van der Waals surface area contributed by atoms with Gasteiger partial charge in [0.15, 0.2) is 11.5 Å². The van der Waals surface area contributed by atoms with E-state index < -0.39 is 10.0 Å². The number of hydrogen-bond acceptors (Lipinski definition) is 4. The van der Waals surface area contributed by atoms with Crippen LogP contribution in [0.25, 0.3) is 0 Å². The number of phenolic OH excluding ortho intramolecular Hbond substituents is 1. The second-order valence-electron chi connectivity index (χ2n) is 3.81. The molecule has 0 atom stereocenters. The van der Waals surface area contributed by atoms with Crippen molar-refractivity contribution < 1.29 is 18.3 Å². The molecule has 2 N–H and O–H groups in total. The molecule has 0 aliphatic carbocycles. The van der Waals surface area contributed by atoms with E-state index >= 15 is 0 Å². The molecule has 6 heteroatoms. The lowest BCUT2D eigenvalue weighted by Crippen LogP contribution is -2.12. The fraction of sp³-hybridized carbons (Fsp3) is 0.0769. The topological polar surface area (TPSA) is 75.6 Å². The first-order valence-electron chi connectivity index (χ1n) is 5.48. The summed E-state index contributed by atoms with van der Waals surface area (Å²) in [4.78, 5) is 0.158. The van der Waals surface area contributed by atoms with E-state index in [0.29, 0.717) is 0 Å². The second-order valence-corrected chi connectivity index (χ2v) is 5.49. The van der Waals surface area contributed by atoms with Crippen molar-refractivity contribution in [1.82, 2.24) is 0 Å². The van der Waals surface area contributed by atoms with Gasteiger partial charge in [0.1, 0.15) is 0 Å². The molecule has 0 aromatic heterocycles. The van der Waals surface area contributed by atoms with E-state index in [1.54, 1.807) is 18.2 Å². The van der Waals surface area contributed by atoms with Gasteiger partial charge in [-0.15, -0.1) is 0 Å². The number of nitrogens with one attached hydrogen (secondary N) is 1. The van der Waals surface area contributed by atoms with Crippen LogP contribution in [0.5, 0.6) is 11.5 Å². The summed E-state index contributed by atoms with van der Waals surface area (Å²) in [6, 6.07) is 12.3. The number of benzene rings is 2. The minimum absolute atomic E-state index is 0.129. The number of ether oxygens (including phenoxy) is 1. The Morgan fingerprint density at radius 2 is 1.79 bits per heavy atom. The lowest BCUT2D eigenvalue weighted by Gasteiger charge is -2.09. The molecular formula is C13H13NO4S. The average Bonchev–Trinajstić information content (AvgIpc) is 2.39. The maximum absolute atomic E-state index is 12.0. The molecule has 0 saturated carbocycles. The van der Waals surface area contributed by atoms with Crippen molar-refractivity contribution in [2.24, 2.45) is 0 Å². The molecule has 0 amide bonds. The smallest absolute Gasteiger partial charge is 0.261 e. The molecule has 100 valence electrons. The molecule has 0 aliphatic rings. The zero-order valence-electron chi connectivity index (χ0n) is 10.2. The quantitative estimate of drug-likeness (QED) is 0.899. The van der Waals surface area contributed by atoms with Crippen molar-refractivity contribution in [1.29, 1.82) is 0 Å². The van der Waals surface area contributed by atoms with Crippen molar-refractivity contribution >= 4 is 15.7 Å². The number of sulfonamides is 1. The van der Waals surface area contributed by atoms with Crippen LogP contribution < -0.4 is 9.46 Å². The minimum Gasteiger partial charge on any atom is -0.504 e. The van der Waals surface area contributed by atoms with Gasteiger partial charge in [0, 0.05) is 6.07 Å². The number of methoxy groups -OCH3 is 1. The first-order valence-corrected chi connectivity index (χ1v) is 6.96. The van der Waals surface area contributed by atoms with Gasteiger partial charge < -0.3 is 9.84 Å². The number of rotatable bonds is 4. The Morgan fingerprint density at radius 1 is 1.11 bits per heavy atom. The molecule has 2 aromatic rings. The van der Waals surface area contributed by atoms with Crippen molar-refractivity contribution in [3.8, 4) is 11.5 Å². The molecule has 0 fully saturated rings. The number of hydrogen-bond donors (Lipinski definition) is 2. The Kier molecular flexibility index (Phi) is 3.62. The maximum atomic E-state index is 12.0. The van der Waals surface area contributed by atoms with Gasteiger partial charge in [-0.1, -0.05) is 18.2 Å². The lowest BCUT2D eigenvalue weighted by atomic mass is 10.3. The van der Waals surface area contributed by atoms with E-state index in [-0.39, 0.29) is 22.1 Å². The van der Waals surface area contributed by atoms with Crippen molar-refractivity contribution in [2.75, 3.05) is 11.8 Å². The molecule has 0 radical (unpaired) electrons. The van der Waals surface area contributed by atoms with E-state index in [0.717, 1.165) is 0 Å². The van der Waals surface area contributed by atoms with Crippen LogP contribution in [-0.4, -0.2) is 20.6 Å². The van der Waals surface area contributed by atoms with Gasteiger partial charge in [-0.25, -0.2) is 8.42 Å². The SMILES string of the molecule is COc1ccc(NS(=O)(=O)c2ccccc2)cc1O. The summed E-state index contributed by atoms with van der Waals surface area (Å²) in [6.07, 6.45) is 0. The van der Waals surface area contributed by atoms with Crippen molar-refractivity contribution in [3.05, 3.63) is 48.5 Å². The normalized spacial score (nSPS) is 11.0. The summed E-state index contributed by atoms with van der Waals surface area (Å²) in [6.45, 7) is 0. The second kappa shape index (κ2) is 5.19. The molecule has 2 rings (SSSR count). The Bertz CT molecular complexity index is 668. The predicted octanol–water partition coefficient (Wildman–Crippen LogP) is 2.20. The van der Waals surface area contributed by atoms with Crippen LogP contribution in [0, 0.1) is 0 Å². The van der Waals surface area contributed by atoms with Gasteiger partial charge in [0.25, 0.3) is 10.0 Å². The van der Waals surface area contributed by atoms with Crippen LogP contribution >= 0.6 is 0 Å². The molecule has 0 unspecified atom stereocenters. The molecule has 0 bridgehead atoms. The lowest BCUT2D eigenvalue weighted by molar-refractivity contribution is 0.373. The first kappa shape index (κ1) is 13.2. The van der Waals surface area contributed by atoms with Gasteiger partial charge in [0.05, 0.1) is 17.7 Å². The zero-order chi connectivity index (χ0) is 13.9. The highest BCUT2D eigenvalue weighted by Gasteiger charge is 2.14. The summed E-state index contributed by atoms with van der Waals surface area (Å²) in [7, 11) is -2.23. The zero-order valence-corrected chi connectivity index (χ0v) is 11.0. The first-order chi connectivity index (χ1) is 9.03. The molecular weight excluding hydrogens is 266 g/mol. The molecule has 19 heavy (non-hydrogen) atoms. The van der Waals surface area contributed by atoms with Crippen LogP contribution in [0.4, 0.5) is 5.69 Å². The van der Waals surface area contributed by atoms with E-state index in [1.807, 2.05) is 0 Å². The van der Waals surface area contributed by atoms with Crippen molar-refractivity contribution in [3.63, 3.8) is 0 Å². The molecule has 0 saturated heterocycles. The molecule has 2 aromatic carbocycles. The Hall–Kier alpha value is -2.21. The van der Waals surface area contributed by atoms with E-state index in [2.05, 4.69) is 4.72 Å². The van der Waals surface area contributed by atoms with E-state index in [9.17, 15) is 13.5 Å². The maximum Gasteiger partial charge on any atom is 0.261 e. The standard InChI is InChI=1S/C13H13NO4S/c1-18-13-8-7-10(9-12(13)15)14-19(16,17)11-5-3-2-4-6-11/h2-9,14-15H,1H3. The van der Waals surface area contributed by atoms with Crippen LogP contribution in [0.3, 0.4) is 0 Å². The van der Waals surface area contributed by atoms with Crippen LogP contribution in [0.1, 0.15) is 0 Å². The number of anilines is 1. The van der Waals surface area contributed by atoms with Gasteiger partial charge in [-0.05, 0) is 24.3 Å². The van der Waals surface area contributed by atoms with E-state index in [4.69, 9.17) is 4.74 Å². The third-order valence-electron chi connectivity index (χ3n) is 2.48. The Morgan fingerprint density at radius 3 is 2.37 bits per heavy atom. The van der Waals surface area contributed by atoms with Gasteiger partial charge in [0.2, 0.25) is 0 Å². The summed E-state index contributed by atoms with van der Waals surface area (Å²) in [5, 5.41) is 9.60. The molecule has 0 spiro atoms. The summed E-state index contributed by atoms with van der Waals surface area (Å²) in [5.74, 6) is 0.151. The summed E-state index contributed by atoms with van der Waals surface area (Å²) >= 11 is 0. The highest BCUT2D eigenvalue weighted by Crippen LogP contribution is 2.29. The summed E-state index contributed by atoms with van der Waals surface area (Å²) < 4.78 is 31.4.